The van der Waals surface area contributed by atoms with Crippen molar-refractivity contribution in [1.29, 1.82) is 0 Å². The van der Waals surface area contributed by atoms with Crippen molar-refractivity contribution in [2.45, 2.75) is 19.9 Å². The van der Waals surface area contributed by atoms with E-state index >= 15 is 0 Å². The summed E-state index contributed by atoms with van der Waals surface area (Å²) in [6.45, 7) is 3.94. The van der Waals surface area contributed by atoms with Gasteiger partial charge in [-0.25, -0.2) is 0 Å². The van der Waals surface area contributed by atoms with Crippen LogP contribution in [0.25, 0.3) is 6.08 Å². The van der Waals surface area contributed by atoms with Gasteiger partial charge in [0.1, 0.15) is 4.32 Å². The first-order valence-electron chi connectivity index (χ1n) is 9.34. The van der Waals surface area contributed by atoms with Crippen LogP contribution >= 0.6 is 24.0 Å². The molecule has 5 nitrogen and oxygen atoms in total. The minimum atomic E-state index is -0.949. The number of carboxylic acid groups (broad SMARTS) is 1. The molecule has 0 aliphatic carbocycles. The van der Waals surface area contributed by atoms with Gasteiger partial charge in [-0.3, -0.25) is 14.5 Å². The van der Waals surface area contributed by atoms with E-state index in [0.29, 0.717) is 9.23 Å². The van der Waals surface area contributed by atoms with Crippen molar-refractivity contribution >= 4 is 51.9 Å². The smallest absolute Gasteiger partial charge is 0.305 e. The predicted molar refractivity (Wildman–Crippen MR) is 122 cm³/mol. The molecular weight excluding hydrogens is 404 g/mol. The van der Waals surface area contributed by atoms with Gasteiger partial charge in [-0.15, -0.1) is 0 Å². The Morgan fingerprint density at radius 2 is 1.86 bits per heavy atom. The molecule has 0 radical (unpaired) electrons. The Morgan fingerprint density at radius 3 is 2.48 bits per heavy atom. The average Bonchev–Trinajstić information content (AvgIpc) is 2.98. The van der Waals surface area contributed by atoms with Gasteiger partial charge >= 0.3 is 5.97 Å². The standard InChI is InChI=1S/C22H22N2O3S2/c1-2-23(15-17-6-4-3-5-7-17)18-10-8-16(9-11-18)14-19-21(27)24(22(28)29-19)13-12-20(25)26/h3-11,14H,2,12-13,15H2,1H3,(H,25,26)/b19-14-. The summed E-state index contributed by atoms with van der Waals surface area (Å²) in [6.07, 6.45) is 1.68. The van der Waals surface area contributed by atoms with E-state index in [9.17, 15) is 9.59 Å². The van der Waals surface area contributed by atoms with Gasteiger partial charge in [0.2, 0.25) is 0 Å². The third-order valence-corrected chi connectivity index (χ3v) is 5.95. The van der Waals surface area contributed by atoms with E-state index in [1.807, 2.05) is 42.5 Å². The number of carbonyl (C=O) groups is 2. The zero-order valence-electron chi connectivity index (χ0n) is 16.1. The van der Waals surface area contributed by atoms with E-state index in [1.165, 1.54) is 22.2 Å². The first kappa shape index (κ1) is 21.1. The second kappa shape index (κ2) is 9.71. The fourth-order valence-corrected chi connectivity index (χ4v) is 4.33. The third kappa shape index (κ3) is 5.46. The Bertz CT molecular complexity index is 927. The molecule has 1 aliphatic heterocycles. The largest absolute Gasteiger partial charge is 0.481 e. The molecule has 1 fully saturated rings. The summed E-state index contributed by atoms with van der Waals surface area (Å²) in [4.78, 5) is 27.4. The Kier molecular flexibility index (Phi) is 7.06. The summed E-state index contributed by atoms with van der Waals surface area (Å²) in [5.41, 5.74) is 3.27. The maximum atomic E-state index is 12.5. The van der Waals surface area contributed by atoms with Crippen LogP contribution in [0.3, 0.4) is 0 Å². The van der Waals surface area contributed by atoms with Crippen LogP contribution in [-0.4, -0.2) is 39.3 Å². The van der Waals surface area contributed by atoms with Crippen molar-refractivity contribution in [3.63, 3.8) is 0 Å². The molecule has 1 saturated heterocycles. The monoisotopic (exact) mass is 426 g/mol. The number of rotatable bonds is 8. The minimum absolute atomic E-state index is 0.0984. The number of carbonyl (C=O) groups excluding carboxylic acids is 1. The predicted octanol–water partition coefficient (Wildman–Crippen LogP) is 4.39. The lowest BCUT2D eigenvalue weighted by atomic mass is 10.1. The number of carboxylic acids is 1. The molecule has 0 unspecified atom stereocenters. The maximum absolute atomic E-state index is 12.5. The summed E-state index contributed by atoms with van der Waals surface area (Å²) >= 11 is 6.43. The molecule has 150 valence electrons. The number of thioether (sulfide) groups is 1. The van der Waals surface area contributed by atoms with E-state index in [0.717, 1.165) is 24.3 Å². The highest BCUT2D eigenvalue weighted by molar-refractivity contribution is 8.26. The van der Waals surface area contributed by atoms with Gasteiger partial charge in [0, 0.05) is 25.3 Å². The van der Waals surface area contributed by atoms with Crippen LogP contribution in [0, 0.1) is 0 Å². The lowest BCUT2D eigenvalue weighted by Crippen LogP contribution is -2.30. The Labute approximate surface area is 180 Å². The van der Waals surface area contributed by atoms with Gasteiger partial charge in [0.25, 0.3) is 5.91 Å². The average molecular weight is 427 g/mol. The van der Waals surface area contributed by atoms with Crippen molar-refractivity contribution in [3.8, 4) is 0 Å². The topological polar surface area (TPSA) is 60.9 Å². The molecule has 2 aromatic rings. The zero-order valence-corrected chi connectivity index (χ0v) is 17.7. The fraction of sp³-hybridized carbons (Fsp3) is 0.227. The summed E-state index contributed by atoms with van der Waals surface area (Å²) in [6, 6.07) is 18.4. The van der Waals surface area contributed by atoms with E-state index < -0.39 is 5.97 Å². The lowest BCUT2D eigenvalue weighted by Gasteiger charge is -2.23. The van der Waals surface area contributed by atoms with Gasteiger partial charge in [-0.2, -0.15) is 0 Å². The van der Waals surface area contributed by atoms with Gasteiger partial charge < -0.3 is 10.0 Å². The van der Waals surface area contributed by atoms with Crippen LogP contribution in [0.2, 0.25) is 0 Å². The summed E-state index contributed by atoms with van der Waals surface area (Å²) in [7, 11) is 0. The van der Waals surface area contributed by atoms with Gasteiger partial charge in [-0.1, -0.05) is 66.4 Å². The maximum Gasteiger partial charge on any atom is 0.305 e. The van der Waals surface area contributed by atoms with E-state index in [4.69, 9.17) is 17.3 Å². The summed E-state index contributed by atoms with van der Waals surface area (Å²) in [5, 5.41) is 8.83. The van der Waals surface area contributed by atoms with Crippen molar-refractivity contribution in [3.05, 3.63) is 70.6 Å². The highest BCUT2D eigenvalue weighted by atomic mass is 32.2. The second-order valence-electron chi connectivity index (χ2n) is 6.57. The molecule has 0 saturated carbocycles. The van der Waals surface area contributed by atoms with Gasteiger partial charge in [0.05, 0.1) is 11.3 Å². The highest BCUT2D eigenvalue weighted by Gasteiger charge is 2.32. The molecule has 1 N–H and O–H groups in total. The van der Waals surface area contributed by atoms with Gasteiger partial charge in [-0.05, 0) is 36.3 Å². The minimum Gasteiger partial charge on any atom is -0.481 e. The Balaban J connectivity index is 1.70. The van der Waals surface area contributed by atoms with E-state index in [1.54, 1.807) is 6.08 Å². The number of anilines is 1. The van der Waals surface area contributed by atoms with Crippen molar-refractivity contribution < 1.29 is 14.7 Å². The normalized spacial score (nSPS) is 15.2. The fourth-order valence-electron chi connectivity index (χ4n) is 3.02. The van der Waals surface area contributed by atoms with Crippen LogP contribution in [-0.2, 0) is 16.1 Å². The lowest BCUT2D eigenvalue weighted by molar-refractivity contribution is -0.137. The third-order valence-electron chi connectivity index (χ3n) is 4.58. The number of hydrogen-bond acceptors (Lipinski definition) is 5. The van der Waals surface area contributed by atoms with Crippen LogP contribution in [0.15, 0.2) is 59.5 Å². The quantitative estimate of drug-likeness (QED) is 0.499. The molecule has 29 heavy (non-hydrogen) atoms. The molecule has 1 aliphatic rings. The number of hydrogen-bond donors (Lipinski definition) is 1. The summed E-state index contributed by atoms with van der Waals surface area (Å²) < 4.78 is 0.402. The molecule has 0 spiro atoms. The molecule has 0 bridgehead atoms. The molecule has 1 heterocycles. The Hall–Kier alpha value is -2.64. The first-order valence-corrected chi connectivity index (χ1v) is 10.6. The molecule has 7 heteroatoms. The molecular formula is C22H22N2O3S2. The number of nitrogens with zero attached hydrogens (tertiary/aromatic N) is 2. The molecule has 1 amide bonds. The van der Waals surface area contributed by atoms with Crippen LogP contribution in [0.5, 0.6) is 0 Å². The zero-order chi connectivity index (χ0) is 20.8. The van der Waals surface area contributed by atoms with Crippen LogP contribution in [0.4, 0.5) is 5.69 Å². The number of aliphatic carboxylic acids is 1. The second-order valence-corrected chi connectivity index (χ2v) is 8.24. The van der Waals surface area contributed by atoms with E-state index in [2.05, 4.69) is 24.0 Å². The van der Waals surface area contributed by atoms with Crippen LogP contribution < -0.4 is 4.90 Å². The van der Waals surface area contributed by atoms with Crippen molar-refractivity contribution in [1.82, 2.24) is 4.90 Å². The Morgan fingerprint density at radius 1 is 1.17 bits per heavy atom. The molecule has 3 rings (SSSR count). The number of benzene rings is 2. The SMILES string of the molecule is CCN(Cc1ccccc1)c1ccc(/C=C2\SC(=S)N(CCC(=O)O)C2=O)cc1. The molecule has 2 aromatic carbocycles. The van der Waals surface area contributed by atoms with Gasteiger partial charge in [0.15, 0.2) is 0 Å². The number of amides is 1. The first-order chi connectivity index (χ1) is 14.0. The van der Waals surface area contributed by atoms with E-state index in [-0.39, 0.29) is 18.9 Å². The molecule has 0 aromatic heterocycles. The summed E-state index contributed by atoms with van der Waals surface area (Å²) in [5.74, 6) is -1.18. The van der Waals surface area contributed by atoms with Crippen molar-refractivity contribution in [2.75, 3.05) is 18.0 Å². The number of thiocarbonyl (C=S) groups is 1. The highest BCUT2D eigenvalue weighted by Crippen LogP contribution is 2.33. The van der Waals surface area contributed by atoms with Crippen molar-refractivity contribution in [2.24, 2.45) is 0 Å². The molecule has 0 atom stereocenters. The van der Waals surface area contributed by atoms with Crippen LogP contribution in [0.1, 0.15) is 24.5 Å².